The van der Waals surface area contributed by atoms with Gasteiger partial charge in [0, 0.05) is 18.8 Å². The van der Waals surface area contributed by atoms with Crippen molar-refractivity contribution in [3.63, 3.8) is 0 Å². The summed E-state index contributed by atoms with van der Waals surface area (Å²) in [6.45, 7) is 6.47. The molecule has 0 unspecified atom stereocenters. The van der Waals surface area contributed by atoms with Crippen molar-refractivity contribution in [2.24, 2.45) is 7.05 Å². The molecule has 0 spiro atoms. The summed E-state index contributed by atoms with van der Waals surface area (Å²) < 4.78 is 1.77. The van der Waals surface area contributed by atoms with E-state index in [0.717, 1.165) is 0 Å². The Morgan fingerprint density at radius 2 is 1.78 bits per heavy atom. The van der Waals surface area contributed by atoms with Crippen LogP contribution in [0.15, 0.2) is 36.8 Å². The monoisotopic (exact) mass is 242 g/mol. The number of nitrogens with zero attached hydrogens (tertiary/aromatic N) is 2. The average Bonchev–Trinajstić information content (AvgIpc) is 2.74. The van der Waals surface area contributed by atoms with Crippen molar-refractivity contribution in [2.75, 3.05) is 0 Å². The summed E-state index contributed by atoms with van der Waals surface area (Å²) >= 11 is 0. The number of imidazole rings is 1. The van der Waals surface area contributed by atoms with Crippen molar-refractivity contribution in [3.8, 4) is 0 Å². The Morgan fingerprint density at radius 1 is 1.17 bits per heavy atom. The SMILES string of the molecule is Cn1cnc(C(=O)c2ccc(C(C)(C)C)cc2)c1. The molecule has 0 fully saturated rings. The maximum absolute atomic E-state index is 12.1. The molecule has 0 N–H and O–H groups in total. The smallest absolute Gasteiger partial charge is 0.212 e. The van der Waals surface area contributed by atoms with E-state index in [1.165, 1.54) is 5.56 Å². The Morgan fingerprint density at radius 3 is 2.22 bits per heavy atom. The van der Waals surface area contributed by atoms with Gasteiger partial charge in [0.25, 0.3) is 0 Å². The van der Waals surface area contributed by atoms with Crippen LogP contribution in [0.1, 0.15) is 42.4 Å². The first kappa shape index (κ1) is 12.6. The number of carbonyl (C=O) groups excluding carboxylic acids is 1. The number of hydrogen-bond donors (Lipinski definition) is 0. The zero-order valence-electron chi connectivity index (χ0n) is 11.3. The van der Waals surface area contributed by atoms with Gasteiger partial charge >= 0.3 is 0 Å². The second-order valence-corrected chi connectivity index (χ2v) is 5.58. The van der Waals surface area contributed by atoms with Crippen molar-refractivity contribution in [1.29, 1.82) is 0 Å². The Kier molecular flexibility index (Phi) is 3.07. The van der Waals surface area contributed by atoms with Crippen LogP contribution >= 0.6 is 0 Å². The molecule has 1 aromatic carbocycles. The molecule has 18 heavy (non-hydrogen) atoms. The lowest BCUT2D eigenvalue weighted by Gasteiger charge is -2.18. The maximum atomic E-state index is 12.1. The van der Waals surface area contributed by atoms with Gasteiger partial charge in [-0.25, -0.2) is 4.98 Å². The van der Waals surface area contributed by atoms with Gasteiger partial charge in [0.15, 0.2) is 0 Å². The van der Waals surface area contributed by atoms with Gasteiger partial charge in [0.1, 0.15) is 5.69 Å². The fourth-order valence-corrected chi connectivity index (χ4v) is 1.80. The van der Waals surface area contributed by atoms with Gasteiger partial charge < -0.3 is 4.57 Å². The highest BCUT2D eigenvalue weighted by Crippen LogP contribution is 2.22. The molecular formula is C15H18N2O. The van der Waals surface area contributed by atoms with E-state index in [-0.39, 0.29) is 11.2 Å². The third kappa shape index (κ3) is 2.50. The number of carbonyl (C=O) groups is 1. The number of ketones is 1. The fraction of sp³-hybridized carbons (Fsp3) is 0.333. The van der Waals surface area contributed by atoms with E-state index in [1.807, 2.05) is 31.3 Å². The molecule has 0 saturated heterocycles. The summed E-state index contributed by atoms with van der Waals surface area (Å²) in [6, 6.07) is 7.77. The third-order valence-corrected chi connectivity index (χ3v) is 2.95. The molecule has 1 aromatic heterocycles. The van der Waals surface area contributed by atoms with Crippen LogP contribution in [-0.4, -0.2) is 15.3 Å². The van der Waals surface area contributed by atoms with E-state index in [2.05, 4.69) is 25.8 Å². The average molecular weight is 242 g/mol. The molecule has 0 saturated carbocycles. The van der Waals surface area contributed by atoms with Crippen LogP contribution in [0, 0.1) is 0 Å². The third-order valence-electron chi connectivity index (χ3n) is 2.95. The van der Waals surface area contributed by atoms with Crippen molar-refractivity contribution in [1.82, 2.24) is 9.55 Å². The number of hydrogen-bond acceptors (Lipinski definition) is 2. The van der Waals surface area contributed by atoms with Crippen LogP contribution < -0.4 is 0 Å². The maximum Gasteiger partial charge on any atom is 0.212 e. The van der Waals surface area contributed by atoms with Crippen LogP contribution in [-0.2, 0) is 12.5 Å². The van der Waals surface area contributed by atoms with Gasteiger partial charge in [0.05, 0.1) is 6.33 Å². The predicted molar refractivity (Wildman–Crippen MR) is 71.8 cm³/mol. The van der Waals surface area contributed by atoms with E-state index < -0.39 is 0 Å². The van der Waals surface area contributed by atoms with Gasteiger partial charge in [0.2, 0.25) is 5.78 Å². The van der Waals surface area contributed by atoms with E-state index in [0.29, 0.717) is 11.3 Å². The molecule has 0 bridgehead atoms. The van der Waals surface area contributed by atoms with E-state index in [9.17, 15) is 4.79 Å². The molecular weight excluding hydrogens is 224 g/mol. The number of benzene rings is 1. The molecule has 0 aliphatic rings. The summed E-state index contributed by atoms with van der Waals surface area (Å²) in [4.78, 5) is 16.2. The Labute approximate surface area is 107 Å². The molecule has 1 heterocycles. The van der Waals surface area contributed by atoms with Crippen molar-refractivity contribution in [3.05, 3.63) is 53.6 Å². The van der Waals surface area contributed by atoms with Gasteiger partial charge in [-0.15, -0.1) is 0 Å². The number of aryl methyl sites for hydroxylation is 1. The lowest BCUT2D eigenvalue weighted by molar-refractivity contribution is 0.103. The second kappa shape index (κ2) is 4.41. The highest BCUT2D eigenvalue weighted by Gasteiger charge is 2.15. The van der Waals surface area contributed by atoms with Gasteiger partial charge in [-0.05, 0) is 11.0 Å². The lowest BCUT2D eigenvalue weighted by Crippen LogP contribution is -2.11. The molecule has 2 aromatic rings. The van der Waals surface area contributed by atoms with Gasteiger partial charge in [-0.2, -0.15) is 0 Å². The Hall–Kier alpha value is -1.90. The van der Waals surface area contributed by atoms with Crippen LogP contribution in [0.3, 0.4) is 0 Å². The number of rotatable bonds is 2. The van der Waals surface area contributed by atoms with Crippen molar-refractivity contribution in [2.45, 2.75) is 26.2 Å². The standard InChI is InChI=1S/C15H18N2O/c1-15(2,3)12-7-5-11(6-8-12)14(18)13-9-17(4)10-16-13/h5-10H,1-4H3. The summed E-state index contributed by atoms with van der Waals surface area (Å²) in [5.74, 6) is -0.0314. The van der Waals surface area contributed by atoms with Crippen LogP contribution in [0.25, 0.3) is 0 Å². The molecule has 94 valence electrons. The lowest BCUT2D eigenvalue weighted by atomic mass is 9.86. The molecule has 3 nitrogen and oxygen atoms in total. The largest absolute Gasteiger partial charge is 0.340 e. The van der Waals surface area contributed by atoms with Crippen LogP contribution in [0.2, 0.25) is 0 Å². The normalized spacial score (nSPS) is 11.6. The minimum atomic E-state index is -0.0314. The molecule has 0 amide bonds. The highest BCUT2D eigenvalue weighted by atomic mass is 16.1. The quantitative estimate of drug-likeness (QED) is 0.759. The molecule has 0 aliphatic heterocycles. The van der Waals surface area contributed by atoms with Crippen LogP contribution in [0.5, 0.6) is 0 Å². The fourth-order valence-electron chi connectivity index (χ4n) is 1.80. The minimum absolute atomic E-state index is 0.0314. The molecule has 0 radical (unpaired) electrons. The van der Waals surface area contributed by atoms with Gasteiger partial charge in [-0.1, -0.05) is 45.0 Å². The zero-order chi connectivity index (χ0) is 13.3. The van der Waals surface area contributed by atoms with E-state index >= 15 is 0 Å². The number of aromatic nitrogens is 2. The Balaban J connectivity index is 2.28. The van der Waals surface area contributed by atoms with Crippen LogP contribution in [0.4, 0.5) is 0 Å². The molecule has 3 heteroatoms. The van der Waals surface area contributed by atoms with E-state index in [4.69, 9.17) is 0 Å². The summed E-state index contributed by atoms with van der Waals surface area (Å²) in [5, 5.41) is 0. The summed E-state index contributed by atoms with van der Waals surface area (Å²) in [7, 11) is 1.85. The molecule has 0 atom stereocenters. The van der Waals surface area contributed by atoms with Crippen molar-refractivity contribution >= 4 is 5.78 Å². The first-order chi connectivity index (χ1) is 8.38. The second-order valence-electron chi connectivity index (χ2n) is 5.58. The van der Waals surface area contributed by atoms with E-state index in [1.54, 1.807) is 17.1 Å². The topological polar surface area (TPSA) is 34.9 Å². The minimum Gasteiger partial charge on any atom is -0.340 e. The molecule has 2 rings (SSSR count). The highest BCUT2D eigenvalue weighted by molar-refractivity contribution is 6.07. The Bertz CT molecular complexity index is 559. The molecule has 0 aliphatic carbocycles. The summed E-state index contributed by atoms with van der Waals surface area (Å²) in [5.41, 5.74) is 2.50. The first-order valence-electron chi connectivity index (χ1n) is 6.01. The zero-order valence-corrected chi connectivity index (χ0v) is 11.3. The predicted octanol–water partition coefficient (Wildman–Crippen LogP) is 2.95. The summed E-state index contributed by atoms with van der Waals surface area (Å²) in [6.07, 6.45) is 3.37. The van der Waals surface area contributed by atoms with Crippen molar-refractivity contribution < 1.29 is 4.79 Å². The van der Waals surface area contributed by atoms with Gasteiger partial charge in [-0.3, -0.25) is 4.79 Å². The first-order valence-corrected chi connectivity index (χ1v) is 6.01.